The molecular weight excluding hydrogens is 186 g/mol. The fourth-order valence-corrected chi connectivity index (χ4v) is 1.89. The van der Waals surface area contributed by atoms with Crippen LogP contribution in [-0.2, 0) is 9.53 Å². The highest BCUT2D eigenvalue weighted by Crippen LogP contribution is 2.18. The molecule has 0 aromatic carbocycles. The van der Waals surface area contributed by atoms with Gasteiger partial charge in [-0.15, -0.1) is 0 Å². The summed E-state index contributed by atoms with van der Waals surface area (Å²) in [6, 6.07) is 0.262. The molecule has 0 aromatic rings. The van der Waals surface area contributed by atoms with Gasteiger partial charge < -0.3 is 10.1 Å². The van der Waals surface area contributed by atoms with Gasteiger partial charge in [-0.2, -0.15) is 12.6 Å². The minimum absolute atomic E-state index is 0.00892. The van der Waals surface area contributed by atoms with Crippen molar-refractivity contribution >= 4 is 18.5 Å². The summed E-state index contributed by atoms with van der Waals surface area (Å²) in [5.74, 6) is 0.273. The summed E-state index contributed by atoms with van der Waals surface area (Å²) in [5.41, 5.74) is 0. The van der Waals surface area contributed by atoms with Crippen molar-refractivity contribution in [3.05, 3.63) is 0 Å². The molecule has 0 radical (unpaired) electrons. The third kappa shape index (κ3) is 3.56. The number of hydrogen-bond donors (Lipinski definition) is 2. The van der Waals surface area contributed by atoms with Crippen LogP contribution in [0.5, 0.6) is 0 Å². The van der Waals surface area contributed by atoms with E-state index in [0.29, 0.717) is 0 Å². The summed E-state index contributed by atoms with van der Waals surface area (Å²) in [6.45, 7) is 4.07. The Hall–Kier alpha value is -0.220. The lowest BCUT2D eigenvalue weighted by molar-refractivity contribution is -0.120. The smallest absolute Gasteiger partial charge is 0.229 e. The first kappa shape index (κ1) is 10.9. The molecule has 2 atom stereocenters. The van der Waals surface area contributed by atoms with E-state index in [1.54, 1.807) is 0 Å². The SMILES string of the molecule is CC1CC(NC(=O)CS)CC(C)O1. The van der Waals surface area contributed by atoms with Gasteiger partial charge in [-0.25, -0.2) is 0 Å². The lowest BCUT2D eigenvalue weighted by Gasteiger charge is -2.32. The molecule has 0 bridgehead atoms. The predicted molar refractivity (Wildman–Crippen MR) is 55.0 cm³/mol. The van der Waals surface area contributed by atoms with E-state index in [1.165, 1.54) is 0 Å². The number of thiol groups is 1. The van der Waals surface area contributed by atoms with Crippen molar-refractivity contribution in [2.45, 2.75) is 44.9 Å². The van der Waals surface area contributed by atoms with Crippen LogP contribution in [0.4, 0.5) is 0 Å². The average Bonchev–Trinajstić information content (AvgIpc) is 2.02. The number of hydrogen-bond acceptors (Lipinski definition) is 3. The molecule has 0 saturated carbocycles. The molecule has 1 N–H and O–H groups in total. The fraction of sp³-hybridized carbons (Fsp3) is 0.889. The van der Waals surface area contributed by atoms with Gasteiger partial charge in [0.05, 0.1) is 18.0 Å². The van der Waals surface area contributed by atoms with Crippen LogP contribution in [0, 0.1) is 0 Å². The maximum Gasteiger partial charge on any atom is 0.229 e. The second-order valence-corrected chi connectivity index (χ2v) is 3.97. The van der Waals surface area contributed by atoms with Crippen LogP contribution in [0.2, 0.25) is 0 Å². The Kier molecular flexibility index (Phi) is 4.06. The van der Waals surface area contributed by atoms with Gasteiger partial charge in [-0.05, 0) is 26.7 Å². The highest BCUT2D eigenvalue weighted by molar-refractivity contribution is 7.81. The van der Waals surface area contributed by atoms with Crippen LogP contribution >= 0.6 is 12.6 Å². The van der Waals surface area contributed by atoms with Crippen LogP contribution < -0.4 is 5.32 Å². The molecule has 1 heterocycles. The summed E-state index contributed by atoms with van der Waals surface area (Å²) in [7, 11) is 0. The van der Waals surface area contributed by atoms with Crippen LogP contribution in [0.3, 0.4) is 0 Å². The zero-order valence-corrected chi connectivity index (χ0v) is 9.01. The van der Waals surface area contributed by atoms with E-state index in [-0.39, 0.29) is 29.9 Å². The van der Waals surface area contributed by atoms with E-state index < -0.39 is 0 Å². The summed E-state index contributed by atoms with van der Waals surface area (Å²) in [6.07, 6.45) is 2.30. The summed E-state index contributed by atoms with van der Waals surface area (Å²) < 4.78 is 5.56. The summed E-state index contributed by atoms with van der Waals surface area (Å²) >= 11 is 3.92. The van der Waals surface area contributed by atoms with Crippen LogP contribution in [0.25, 0.3) is 0 Å². The number of amides is 1. The van der Waals surface area contributed by atoms with Crippen molar-refractivity contribution in [2.24, 2.45) is 0 Å². The largest absolute Gasteiger partial charge is 0.375 e. The predicted octanol–water partition coefficient (Wildman–Crippen LogP) is 0.988. The van der Waals surface area contributed by atoms with Gasteiger partial charge in [0.15, 0.2) is 0 Å². The minimum atomic E-state index is 0.00892. The third-order valence-corrected chi connectivity index (χ3v) is 2.49. The second kappa shape index (κ2) is 4.86. The molecule has 1 saturated heterocycles. The van der Waals surface area contributed by atoms with E-state index in [0.717, 1.165) is 12.8 Å². The molecule has 1 rings (SSSR count). The van der Waals surface area contributed by atoms with Crippen LogP contribution in [0.1, 0.15) is 26.7 Å². The van der Waals surface area contributed by atoms with Gasteiger partial charge in [0.2, 0.25) is 5.91 Å². The van der Waals surface area contributed by atoms with Crippen molar-refractivity contribution in [2.75, 3.05) is 5.75 Å². The van der Waals surface area contributed by atoms with Crippen molar-refractivity contribution < 1.29 is 9.53 Å². The van der Waals surface area contributed by atoms with Crippen LogP contribution in [-0.4, -0.2) is 29.9 Å². The first-order valence-electron chi connectivity index (χ1n) is 4.67. The van der Waals surface area contributed by atoms with Crippen molar-refractivity contribution in [1.82, 2.24) is 5.32 Å². The standard InChI is InChI=1S/C9H17NO2S/c1-6-3-8(4-7(2)12-6)10-9(11)5-13/h6-8,13H,3-5H2,1-2H3,(H,10,11). The normalized spacial score (nSPS) is 34.2. The molecule has 3 nitrogen and oxygen atoms in total. The Bertz CT molecular complexity index is 176. The lowest BCUT2D eigenvalue weighted by atomic mass is 10.00. The van der Waals surface area contributed by atoms with Gasteiger partial charge in [-0.1, -0.05) is 0 Å². The number of carbonyl (C=O) groups is 1. The van der Waals surface area contributed by atoms with Gasteiger partial charge in [0, 0.05) is 6.04 Å². The Morgan fingerprint density at radius 2 is 2.00 bits per heavy atom. The van der Waals surface area contributed by atoms with Gasteiger partial charge in [-0.3, -0.25) is 4.79 Å². The van der Waals surface area contributed by atoms with E-state index in [2.05, 4.69) is 17.9 Å². The second-order valence-electron chi connectivity index (χ2n) is 3.65. The summed E-state index contributed by atoms with van der Waals surface area (Å²) in [4.78, 5) is 11.1. The maximum absolute atomic E-state index is 11.1. The minimum Gasteiger partial charge on any atom is -0.375 e. The Labute approximate surface area is 84.6 Å². The lowest BCUT2D eigenvalue weighted by Crippen LogP contribution is -2.44. The monoisotopic (exact) mass is 203 g/mol. The molecule has 0 aromatic heterocycles. The van der Waals surface area contributed by atoms with Crippen molar-refractivity contribution in [3.8, 4) is 0 Å². The summed E-state index contributed by atoms with van der Waals surface area (Å²) in [5, 5.41) is 2.93. The highest BCUT2D eigenvalue weighted by Gasteiger charge is 2.24. The van der Waals surface area contributed by atoms with Crippen LogP contribution in [0.15, 0.2) is 0 Å². The Morgan fingerprint density at radius 1 is 1.46 bits per heavy atom. The molecule has 2 unspecified atom stereocenters. The van der Waals surface area contributed by atoms with Gasteiger partial charge >= 0.3 is 0 Å². The van der Waals surface area contributed by atoms with E-state index in [4.69, 9.17) is 4.74 Å². The first-order valence-corrected chi connectivity index (χ1v) is 5.30. The molecule has 1 aliphatic rings. The topological polar surface area (TPSA) is 38.3 Å². The molecule has 76 valence electrons. The number of nitrogens with one attached hydrogen (secondary N) is 1. The highest BCUT2D eigenvalue weighted by atomic mass is 32.1. The van der Waals surface area contributed by atoms with E-state index in [1.807, 2.05) is 13.8 Å². The van der Waals surface area contributed by atoms with Gasteiger partial charge in [0.25, 0.3) is 0 Å². The van der Waals surface area contributed by atoms with Crippen molar-refractivity contribution in [3.63, 3.8) is 0 Å². The third-order valence-electron chi connectivity index (χ3n) is 2.21. The molecular formula is C9H17NO2S. The Morgan fingerprint density at radius 3 is 2.46 bits per heavy atom. The molecule has 13 heavy (non-hydrogen) atoms. The molecule has 1 amide bonds. The van der Waals surface area contributed by atoms with Gasteiger partial charge in [0.1, 0.15) is 0 Å². The molecule has 1 fully saturated rings. The Balaban J connectivity index is 2.37. The van der Waals surface area contributed by atoms with E-state index in [9.17, 15) is 4.79 Å². The molecule has 1 aliphatic heterocycles. The zero-order valence-electron chi connectivity index (χ0n) is 8.12. The first-order chi connectivity index (χ1) is 6.11. The maximum atomic E-state index is 11.1. The number of ether oxygens (including phenoxy) is 1. The van der Waals surface area contributed by atoms with Crippen molar-refractivity contribution in [1.29, 1.82) is 0 Å². The average molecular weight is 203 g/mol. The quantitative estimate of drug-likeness (QED) is 0.657. The van der Waals surface area contributed by atoms with E-state index >= 15 is 0 Å². The number of rotatable bonds is 2. The molecule has 4 heteroatoms. The fourth-order valence-electron chi connectivity index (χ4n) is 1.80. The molecule has 0 aliphatic carbocycles. The number of carbonyl (C=O) groups excluding carboxylic acids is 1. The zero-order chi connectivity index (χ0) is 9.84. The molecule has 0 spiro atoms.